The first-order valence-corrected chi connectivity index (χ1v) is 18.1. The highest BCUT2D eigenvalue weighted by atomic mass is 79.9. The molecule has 0 aromatic heterocycles. The molecule has 0 unspecified atom stereocenters. The standard InChI is InChI=1S/C37H41BrClN3O7/c1-23-31(24-12-6-4-7-13-24)48-36(47)29-30-34(45)42(20-9-2-3-11-21-43)33(37(30)22-27(38)32(29)49-37)35(46)41(26-17-15-25(39)16-18-26)19-10-5-8-14-28(44)40-23/h4-7,10,12-13,15-18,22-23,29-33,43H,2-3,8-9,11,14,19-21H2,1H3,(H,40,44)/b10-5-/t23-,29+,30-,31+,32+,33+,37-/m1/s1. The third kappa shape index (κ3) is 6.95. The van der Waals surface area contributed by atoms with Crippen LogP contribution in [0, 0.1) is 11.8 Å². The Kier molecular flexibility index (Phi) is 10.9. The Balaban J connectivity index is 1.43. The number of amides is 3. The average Bonchev–Trinajstić information content (AvgIpc) is 3.68. The first kappa shape index (κ1) is 35.3. The number of halogens is 2. The maximum Gasteiger partial charge on any atom is 0.313 e. The number of fused-ring (bicyclic) bond motifs is 2. The lowest BCUT2D eigenvalue weighted by molar-refractivity contribution is -0.161. The largest absolute Gasteiger partial charge is 0.455 e. The van der Waals surface area contributed by atoms with E-state index in [2.05, 4.69) is 21.2 Å². The van der Waals surface area contributed by atoms with Crippen molar-refractivity contribution in [1.82, 2.24) is 10.2 Å². The number of aliphatic hydroxyl groups is 1. The predicted octanol–water partition coefficient (Wildman–Crippen LogP) is 5.24. The molecule has 6 rings (SSSR count). The zero-order valence-electron chi connectivity index (χ0n) is 27.3. The lowest BCUT2D eigenvalue weighted by atomic mass is 9.74. The number of hydrogen-bond donors (Lipinski definition) is 2. The second-order valence-corrected chi connectivity index (χ2v) is 14.4. The number of ether oxygens (including phenoxy) is 2. The van der Waals surface area contributed by atoms with Crippen molar-refractivity contribution in [3.8, 4) is 0 Å². The summed E-state index contributed by atoms with van der Waals surface area (Å²) in [4.78, 5) is 60.1. The van der Waals surface area contributed by atoms with Gasteiger partial charge < -0.3 is 29.7 Å². The molecule has 2 aromatic rings. The highest BCUT2D eigenvalue weighted by Crippen LogP contribution is 2.59. The Morgan fingerprint density at radius 1 is 0.959 bits per heavy atom. The Labute approximate surface area is 299 Å². The van der Waals surface area contributed by atoms with Gasteiger partial charge in [0.15, 0.2) is 0 Å². The molecule has 2 fully saturated rings. The number of anilines is 1. The van der Waals surface area contributed by atoms with E-state index in [4.69, 9.17) is 21.1 Å². The molecule has 7 atom stereocenters. The van der Waals surface area contributed by atoms with Crippen molar-refractivity contribution in [2.24, 2.45) is 11.8 Å². The molecule has 2 saturated heterocycles. The van der Waals surface area contributed by atoms with Crippen LogP contribution in [0.4, 0.5) is 5.69 Å². The lowest BCUT2D eigenvalue weighted by Gasteiger charge is -2.36. The van der Waals surface area contributed by atoms with Crippen molar-refractivity contribution in [2.75, 3.05) is 24.6 Å². The van der Waals surface area contributed by atoms with Gasteiger partial charge in [-0.2, -0.15) is 0 Å². The van der Waals surface area contributed by atoms with E-state index in [9.17, 15) is 24.3 Å². The Hall–Kier alpha value is -3.51. The number of aliphatic hydroxyl groups excluding tert-OH is 1. The molecule has 2 N–H and O–H groups in total. The number of esters is 1. The van der Waals surface area contributed by atoms with Crippen LogP contribution in [0.15, 0.2) is 77.3 Å². The smallest absolute Gasteiger partial charge is 0.313 e. The third-order valence-electron chi connectivity index (χ3n) is 9.85. The second-order valence-electron chi connectivity index (χ2n) is 13.1. The minimum atomic E-state index is -1.42. The van der Waals surface area contributed by atoms with E-state index in [0.29, 0.717) is 40.0 Å². The summed E-state index contributed by atoms with van der Waals surface area (Å²) in [6.45, 7) is 2.33. The fourth-order valence-corrected chi connectivity index (χ4v) is 8.43. The molecule has 0 radical (unpaired) electrons. The molecule has 0 aliphatic carbocycles. The lowest BCUT2D eigenvalue weighted by Crippen LogP contribution is -2.56. The van der Waals surface area contributed by atoms with Gasteiger partial charge in [-0.1, -0.05) is 82.9 Å². The summed E-state index contributed by atoms with van der Waals surface area (Å²) in [5, 5.41) is 12.8. The van der Waals surface area contributed by atoms with Crippen molar-refractivity contribution in [3.05, 3.63) is 87.9 Å². The van der Waals surface area contributed by atoms with E-state index < -0.39 is 47.7 Å². The molecule has 260 valence electrons. The third-order valence-corrected chi connectivity index (χ3v) is 10.8. The van der Waals surface area contributed by atoms with Crippen molar-refractivity contribution in [1.29, 1.82) is 0 Å². The Bertz CT molecular complexity index is 1620. The number of cyclic esters (lactones) is 1. The predicted molar refractivity (Wildman–Crippen MR) is 188 cm³/mol. The van der Waals surface area contributed by atoms with E-state index in [1.807, 2.05) is 42.5 Å². The molecule has 4 heterocycles. The number of nitrogens with one attached hydrogen (secondary N) is 1. The first-order chi connectivity index (χ1) is 23.7. The maximum atomic E-state index is 14.9. The van der Waals surface area contributed by atoms with Crippen molar-refractivity contribution >= 4 is 56.9 Å². The summed E-state index contributed by atoms with van der Waals surface area (Å²) in [5.74, 6) is -3.58. The molecule has 4 aliphatic rings. The quantitative estimate of drug-likeness (QED) is 0.215. The molecule has 49 heavy (non-hydrogen) atoms. The molecule has 3 amide bonds. The molecule has 0 saturated carbocycles. The van der Waals surface area contributed by atoms with Gasteiger partial charge in [0.2, 0.25) is 11.8 Å². The van der Waals surface area contributed by atoms with E-state index in [1.165, 1.54) is 0 Å². The Morgan fingerprint density at radius 3 is 2.43 bits per heavy atom. The van der Waals surface area contributed by atoms with Gasteiger partial charge in [0, 0.05) is 41.3 Å². The minimum absolute atomic E-state index is 0.0859. The van der Waals surface area contributed by atoms with Crippen LogP contribution in [0.25, 0.3) is 0 Å². The maximum absolute atomic E-state index is 14.9. The van der Waals surface area contributed by atoms with Crippen LogP contribution in [0.2, 0.25) is 5.02 Å². The normalized spacial score (nSPS) is 31.0. The highest BCUT2D eigenvalue weighted by molar-refractivity contribution is 9.11. The van der Waals surface area contributed by atoms with Crippen LogP contribution < -0.4 is 10.2 Å². The van der Waals surface area contributed by atoms with Gasteiger partial charge in [-0.3, -0.25) is 19.2 Å². The van der Waals surface area contributed by atoms with E-state index in [1.54, 1.807) is 47.1 Å². The zero-order chi connectivity index (χ0) is 34.7. The van der Waals surface area contributed by atoms with Gasteiger partial charge in [0.05, 0.1) is 12.0 Å². The molecule has 5 bridgehead atoms. The zero-order valence-corrected chi connectivity index (χ0v) is 29.6. The number of likely N-dealkylation sites (tertiary alicyclic amines) is 1. The molecule has 12 heteroatoms. The number of carbonyl (C=O) groups excluding carboxylic acids is 4. The Morgan fingerprint density at radius 2 is 1.69 bits per heavy atom. The van der Waals surface area contributed by atoms with E-state index in [0.717, 1.165) is 12.8 Å². The van der Waals surface area contributed by atoms with Crippen LogP contribution in [0.5, 0.6) is 0 Å². The second kappa shape index (κ2) is 15.2. The summed E-state index contributed by atoms with van der Waals surface area (Å²) in [6, 6.07) is 14.5. The van der Waals surface area contributed by atoms with Crippen LogP contribution in [-0.4, -0.2) is 77.2 Å². The van der Waals surface area contributed by atoms with Crippen molar-refractivity contribution < 1.29 is 33.8 Å². The number of rotatable bonds is 8. The number of benzene rings is 2. The van der Waals surface area contributed by atoms with Crippen molar-refractivity contribution in [2.45, 2.75) is 75.3 Å². The van der Waals surface area contributed by atoms with Gasteiger partial charge in [0.25, 0.3) is 5.91 Å². The van der Waals surface area contributed by atoms with Crippen LogP contribution in [-0.2, 0) is 28.7 Å². The number of unbranched alkanes of at least 4 members (excludes halogenated alkanes) is 3. The van der Waals surface area contributed by atoms with Gasteiger partial charge >= 0.3 is 5.97 Å². The van der Waals surface area contributed by atoms with E-state index >= 15 is 0 Å². The molecule has 10 nitrogen and oxygen atoms in total. The van der Waals surface area contributed by atoms with E-state index in [-0.39, 0.29) is 43.8 Å². The fourth-order valence-electron chi connectivity index (χ4n) is 7.56. The molecular weight excluding hydrogens is 714 g/mol. The van der Waals surface area contributed by atoms with Crippen molar-refractivity contribution in [3.63, 3.8) is 0 Å². The summed E-state index contributed by atoms with van der Waals surface area (Å²) in [5.41, 5.74) is -0.142. The topological polar surface area (TPSA) is 125 Å². The number of hydrogen-bond acceptors (Lipinski definition) is 7. The molecule has 1 spiro atoms. The van der Waals surface area contributed by atoms with Gasteiger partial charge in [-0.05, 0) is 62.1 Å². The number of carbonyl (C=O) groups is 4. The monoisotopic (exact) mass is 753 g/mol. The molecular formula is C37H41BrClN3O7. The summed E-state index contributed by atoms with van der Waals surface area (Å²) >= 11 is 9.82. The SMILES string of the molecule is C[C@H]1NC(=O)CC/C=C\CN(c2ccc(Cl)cc2)C(=O)[C@@H]2N(CCCCCCO)C(=O)[C@H]3[C@H](C(=O)O[C@@H]1c1ccccc1)[C@H]1O[C@@]23C=C1Br. The average molecular weight is 755 g/mol. The van der Waals surface area contributed by atoms with Crippen LogP contribution >= 0.6 is 27.5 Å². The molecule has 4 aliphatic heterocycles. The van der Waals surface area contributed by atoms with Gasteiger partial charge in [0.1, 0.15) is 29.8 Å². The van der Waals surface area contributed by atoms with Crippen LogP contribution in [0.3, 0.4) is 0 Å². The highest BCUT2D eigenvalue weighted by Gasteiger charge is 2.75. The summed E-state index contributed by atoms with van der Waals surface area (Å²) < 4.78 is 13.5. The number of nitrogens with zero attached hydrogens (tertiary/aromatic N) is 2. The van der Waals surface area contributed by atoms with Gasteiger partial charge in [-0.25, -0.2) is 0 Å². The minimum Gasteiger partial charge on any atom is -0.455 e. The van der Waals surface area contributed by atoms with Gasteiger partial charge in [-0.15, -0.1) is 0 Å². The summed E-state index contributed by atoms with van der Waals surface area (Å²) in [7, 11) is 0. The summed E-state index contributed by atoms with van der Waals surface area (Å²) in [6.07, 6.45) is 7.24. The number of allylic oxidation sites excluding steroid dienone is 1. The fraction of sp³-hybridized carbons (Fsp3) is 0.459. The first-order valence-electron chi connectivity index (χ1n) is 16.9. The molecule has 2 aromatic carbocycles. The van der Waals surface area contributed by atoms with Crippen LogP contribution in [0.1, 0.15) is 57.1 Å².